The van der Waals surface area contributed by atoms with Crippen molar-refractivity contribution in [1.29, 1.82) is 0 Å². The summed E-state index contributed by atoms with van der Waals surface area (Å²) in [6, 6.07) is 9.04. The highest BCUT2D eigenvalue weighted by molar-refractivity contribution is 5.94. The topological polar surface area (TPSA) is 51.5 Å². The van der Waals surface area contributed by atoms with E-state index in [1.807, 2.05) is 32.0 Å². The Morgan fingerprint density at radius 2 is 1.78 bits per heavy atom. The molecule has 0 atom stereocenters. The number of carbonyl (C=O) groups excluding carboxylic acids is 1. The first-order valence-corrected chi connectivity index (χ1v) is 7.64. The van der Waals surface area contributed by atoms with Crippen LogP contribution in [0.25, 0.3) is 0 Å². The fourth-order valence-electron chi connectivity index (χ4n) is 2.73. The molecule has 2 heterocycles. The van der Waals surface area contributed by atoms with Crippen molar-refractivity contribution in [2.24, 2.45) is 7.05 Å². The van der Waals surface area contributed by atoms with E-state index in [0.29, 0.717) is 18.7 Å². The Kier molecular flexibility index (Phi) is 3.94. The van der Waals surface area contributed by atoms with Crippen molar-refractivity contribution in [2.75, 3.05) is 13.1 Å². The van der Waals surface area contributed by atoms with Gasteiger partial charge >= 0.3 is 0 Å². The molecule has 0 radical (unpaired) electrons. The van der Waals surface area contributed by atoms with Gasteiger partial charge in [0.25, 0.3) is 5.91 Å². The van der Waals surface area contributed by atoms with Gasteiger partial charge in [-0.15, -0.1) is 0 Å². The van der Waals surface area contributed by atoms with E-state index in [9.17, 15) is 9.59 Å². The Hall–Kier alpha value is -2.56. The van der Waals surface area contributed by atoms with E-state index in [1.54, 1.807) is 24.2 Å². The Balaban J connectivity index is 1.63. The molecule has 0 N–H and O–H groups in total. The Morgan fingerprint density at radius 3 is 2.39 bits per heavy atom. The fraction of sp³-hybridized carbons (Fsp3) is 0.333. The van der Waals surface area contributed by atoms with Crippen LogP contribution in [0, 0.1) is 13.8 Å². The standard InChI is InChI=1S/C18H20N2O3/c1-12-5-4-6-13(2)17(12)23-15-10-20(11-15)18(22)14-7-8-16(21)19(3)9-14/h4-9,15H,10-11H2,1-3H3. The highest BCUT2D eigenvalue weighted by Gasteiger charge is 2.33. The molecule has 0 aliphatic carbocycles. The van der Waals surface area contributed by atoms with Crippen molar-refractivity contribution in [1.82, 2.24) is 9.47 Å². The Labute approximate surface area is 135 Å². The summed E-state index contributed by atoms with van der Waals surface area (Å²) >= 11 is 0. The molecule has 1 aliphatic rings. The van der Waals surface area contributed by atoms with Crippen LogP contribution >= 0.6 is 0 Å². The van der Waals surface area contributed by atoms with Gasteiger partial charge in [-0.2, -0.15) is 0 Å². The number of benzene rings is 1. The maximum absolute atomic E-state index is 12.4. The van der Waals surface area contributed by atoms with E-state index in [2.05, 4.69) is 0 Å². The van der Waals surface area contributed by atoms with Crippen LogP contribution in [0.4, 0.5) is 0 Å². The summed E-state index contributed by atoms with van der Waals surface area (Å²) in [4.78, 5) is 25.5. The lowest BCUT2D eigenvalue weighted by atomic mass is 10.1. The molecule has 120 valence electrons. The molecule has 1 amide bonds. The molecule has 1 aromatic heterocycles. The van der Waals surface area contributed by atoms with E-state index in [-0.39, 0.29) is 17.6 Å². The van der Waals surface area contributed by atoms with Gasteiger partial charge in [0, 0.05) is 19.3 Å². The minimum atomic E-state index is -0.124. The van der Waals surface area contributed by atoms with Crippen LogP contribution in [0.3, 0.4) is 0 Å². The van der Waals surface area contributed by atoms with E-state index < -0.39 is 0 Å². The molecule has 0 unspecified atom stereocenters. The van der Waals surface area contributed by atoms with Gasteiger partial charge in [0.15, 0.2) is 0 Å². The predicted octanol–water partition coefficient (Wildman–Crippen LogP) is 1.91. The molecule has 3 rings (SSSR count). The second kappa shape index (κ2) is 5.91. The third-order valence-corrected chi connectivity index (χ3v) is 4.16. The molecule has 2 aromatic rings. The maximum Gasteiger partial charge on any atom is 0.255 e. The molecule has 0 spiro atoms. The van der Waals surface area contributed by atoms with E-state index in [1.165, 1.54) is 10.6 Å². The molecule has 1 saturated heterocycles. The van der Waals surface area contributed by atoms with Crippen LogP contribution in [0.2, 0.25) is 0 Å². The van der Waals surface area contributed by atoms with Gasteiger partial charge in [0.05, 0.1) is 18.7 Å². The molecular weight excluding hydrogens is 292 g/mol. The quantitative estimate of drug-likeness (QED) is 0.870. The maximum atomic E-state index is 12.4. The van der Waals surface area contributed by atoms with Crippen LogP contribution in [-0.4, -0.2) is 34.6 Å². The summed E-state index contributed by atoms with van der Waals surface area (Å²) in [5.74, 6) is 0.841. The minimum absolute atomic E-state index is 0.0197. The third kappa shape index (κ3) is 2.99. The van der Waals surface area contributed by atoms with Crippen molar-refractivity contribution in [2.45, 2.75) is 20.0 Å². The van der Waals surface area contributed by atoms with Crippen LogP contribution in [0.5, 0.6) is 5.75 Å². The van der Waals surface area contributed by atoms with Gasteiger partial charge in [-0.25, -0.2) is 0 Å². The lowest BCUT2D eigenvalue weighted by Crippen LogP contribution is -2.56. The second-order valence-corrected chi connectivity index (χ2v) is 6.04. The van der Waals surface area contributed by atoms with Gasteiger partial charge in [-0.1, -0.05) is 18.2 Å². The third-order valence-electron chi connectivity index (χ3n) is 4.16. The number of likely N-dealkylation sites (tertiary alicyclic amines) is 1. The molecular formula is C18H20N2O3. The van der Waals surface area contributed by atoms with Gasteiger partial charge in [0.2, 0.25) is 5.56 Å². The number of nitrogens with zero attached hydrogens (tertiary/aromatic N) is 2. The number of hydrogen-bond donors (Lipinski definition) is 0. The number of aryl methyl sites for hydroxylation is 3. The number of amides is 1. The average Bonchev–Trinajstić information content (AvgIpc) is 2.47. The molecule has 1 fully saturated rings. The van der Waals surface area contributed by atoms with Gasteiger partial charge in [-0.05, 0) is 31.0 Å². The van der Waals surface area contributed by atoms with E-state index in [4.69, 9.17) is 4.74 Å². The van der Waals surface area contributed by atoms with Crippen LogP contribution in [0.15, 0.2) is 41.3 Å². The van der Waals surface area contributed by atoms with Crippen LogP contribution < -0.4 is 10.3 Å². The first kappa shape index (κ1) is 15.3. The van der Waals surface area contributed by atoms with Crippen molar-refractivity contribution >= 4 is 5.91 Å². The van der Waals surface area contributed by atoms with Crippen molar-refractivity contribution in [3.8, 4) is 5.75 Å². The largest absolute Gasteiger partial charge is 0.486 e. The first-order chi connectivity index (χ1) is 11.0. The number of aromatic nitrogens is 1. The molecule has 5 heteroatoms. The zero-order chi connectivity index (χ0) is 16.6. The average molecular weight is 312 g/mol. The summed E-state index contributed by atoms with van der Waals surface area (Å²) in [7, 11) is 1.64. The normalized spacial score (nSPS) is 14.5. The van der Waals surface area contributed by atoms with Crippen LogP contribution in [-0.2, 0) is 7.05 Å². The van der Waals surface area contributed by atoms with Gasteiger partial charge < -0.3 is 14.2 Å². The number of rotatable bonds is 3. The number of para-hydroxylation sites is 1. The highest BCUT2D eigenvalue weighted by Crippen LogP contribution is 2.26. The number of carbonyl (C=O) groups is 1. The summed E-state index contributed by atoms with van der Waals surface area (Å²) in [6.07, 6.45) is 1.59. The molecule has 23 heavy (non-hydrogen) atoms. The van der Waals surface area contributed by atoms with Crippen molar-refractivity contribution in [3.63, 3.8) is 0 Å². The molecule has 1 aliphatic heterocycles. The Bertz CT molecular complexity index is 784. The predicted molar refractivity (Wildman–Crippen MR) is 87.9 cm³/mol. The van der Waals surface area contributed by atoms with E-state index in [0.717, 1.165) is 16.9 Å². The smallest absolute Gasteiger partial charge is 0.255 e. The molecule has 0 saturated carbocycles. The molecule has 0 bridgehead atoms. The van der Waals surface area contributed by atoms with E-state index >= 15 is 0 Å². The lowest BCUT2D eigenvalue weighted by molar-refractivity contribution is 0.0172. The van der Waals surface area contributed by atoms with Crippen molar-refractivity contribution < 1.29 is 9.53 Å². The highest BCUT2D eigenvalue weighted by atomic mass is 16.5. The monoisotopic (exact) mass is 312 g/mol. The summed E-state index contributed by atoms with van der Waals surface area (Å²) < 4.78 is 7.44. The van der Waals surface area contributed by atoms with Gasteiger partial charge in [-0.3, -0.25) is 9.59 Å². The number of hydrogen-bond acceptors (Lipinski definition) is 3. The molecule has 1 aromatic carbocycles. The zero-order valence-electron chi connectivity index (χ0n) is 13.6. The fourth-order valence-corrected chi connectivity index (χ4v) is 2.73. The van der Waals surface area contributed by atoms with Crippen molar-refractivity contribution in [3.05, 3.63) is 63.6 Å². The zero-order valence-corrected chi connectivity index (χ0v) is 13.6. The SMILES string of the molecule is Cc1cccc(C)c1OC1CN(C(=O)c2ccc(=O)n(C)c2)C1. The minimum Gasteiger partial charge on any atom is -0.486 e. The second-order valence-electron chi connectivity index (χ2n) is 6.04. The number of ether oxygens (including phenoxy) is 1. The van der Waals surface area contributed by atoms with Crippen LogP contribution in [0.1, 0.15) is 21.5 Å². The Morgan fingerprint density at radius 1 is 1.13 bits per heavy atom. The summed E-state index contributed by atoms with van der Waals surface area (Å²) in [5, 5.41) is 0. The lowest BCUT2D eigenvalue weighted by Gasteiger charge is -2.39. The first-order valence-electron chi connectivity index (χ1n) is 7.64. The van der Waals surface area contributed by atoms with Gasteiger partial charge in [0.1, 0.15) is 11.9 Å². The summed E-state index contributed by atoms with van der Waals surface area (Å²) in [6.45, 7) is 5.17. The summed E-state index contributed by atoms with van der Waals surface area (Å²) in [5.41, 5.74) is 2.61. The number of pyridine rings is 1. The molecule has 5 nitrogen and oxygen atoms in total.